The van der Waals surface area contributed by atoms with Crippen LogP contribution in [0.15, 0.2) is 0 Å². The minimum atomic E-state index is -1.63. The maximum absolute atomic E-state index is 13.5. The normalized spacial score (nSPS) is 31.3. The third-order valence-corrected chi connectivity index (χ3v) is 12.5. The van der Waals surface area contributed by atoms with Crippen LogP contribution in [0.1, 0.15) is 96.3 Å². The highest BCUT2D eigenvalue weighted by atomic mass is 16.7. The van der Waals surface area contributed by atoms with Gasteiger partial charge in [-0.15, -0.1) is 0 Å². The average Bonchev–Trinajstić information content (AvgIpc) is 3.36. The number of carbonyl (C=O) groups excluding carboxylic acids is 4. The fourth-order valence-electron chi connectivity index (χ4n) is 8.02. The van der Waals surface area contributed by atoms with Gasteiger partial charge in [0.1, 0.15) is 85.3 Å². The predicted octanol–water partition coefficient (Wildman–Crippen LogP) is -6.43. The number of unbranched alkanes of at least 4 members (excludes halogenated alkanes) is 5. The van der Waals surface area contributed by atoms with Crippen LogP contribution in [0, 0.1) is 0 Å². The van der Waals surface area contributed by atoms with E-state index >= 15 is 0 Å². The second-order valence-electron chi connectivity index (χ2n) is 18.3. The summed E-state index contributed by atoms with van der Waals surface area (Å²) in [6.45, 7) is -1.36. The molecule has 3 aliphatic rings. The van der Waals surface area contributed by atoms with E-state index in [1.807, 2.05) is 0 Å². The SMILES string of the molecule is O=C(CCCCO[C@@H]1O[C@H](CO)[C@H](O)[C@H](O)[C@H]1O)NCCCC[C@H](NC(=O)[C@H](CCCCNC(=O)CCCCO[C@@H]1O[C@H](CO)[C@H](O)[C@H](O)[C@H]1O)NC(=O)CCCCO[C@@H]1O[C@H](CO)[C@H](O)[C@H](O)[C@H]1O)C(=O)O. The maximum atomic E-state index is 13.5. The molecule has 0 unspecified atom stereocenters. The number of rotatable bonds is 35. The highest BCUT2D eigenvalue weighted by Gasteiger charge is 2.46. The van der Waals surface area contributed by atoms with Crippen LogP contribution in [-0.4, -0.2) is 253 Å². The summed E-state index contributed by atoms with van der Waals surface area (Å²) in [5.41, 5.74) is 0. The Morgan fingerprint density at radius 2 is 0.753 bits per heavy atom. The summed E-state index contributed by atoms with van der Waals surface area (Å²) < 4.78 is 32.2. The number of hydrogen-bond donors (Lipinski definition) is 17. The van der Waals surface area contributed by atoms with Crippen LogP contribution in [0.25, 0.3) is 0 Å². The molecule has 28 nitrogen and oxygen atoms in total. The zero-order chi connectivity index (χ0) is 54.0. The van der Waals surface area contributed by atoms with Gasteiger partial charge in [0, 0.05) is 52.2 Å². The first kappa shape index (κ1) is 63.9. The van der Waals surface area contributed by atoms with Gasteiger partial charge in [-0.1, -0.05) is 0 Å². The molecule has 0 radical (unpaired) electrons. The van der Waals surface area contributed by atoms with Gasteiger partial charge in [0.2, 0.25) is 23.6 Å². The van der Waals surface area contributed by atoms with Crippen molar-refractivity contribution < 1.29 is 119 Å². The number of carboxylic acid groups (broad SMARTS) is 1. The average molecular weight is 1060 g/mol. The molecule has 0 aromatic carbocycles. The van der Waals surface area contributed by atoms with Crippen molar-refractivity contribution >= 4 is 29.6 Å². The van der Waals surface area contributed by atoms with E-state index in [2.05, 4.69) is 21.3 Å². The summed E-state index contributed by atoms with van der Waals surface area (Å²) in [4.78, 5) is 63.7. The molecule has 17 N–H and O–H groups in total. The predicted molar refractivity (Wildman–Crippen MR) is 246 cm³/mol. The molecule has 0 bridgehead atoms. The monoisotopic (exact) mass is 1060 g/mol. The van der Waals surface area contributed by atoms with Crippen molar-refractivity contribution in [3.8, 4) is 0 Å². The van der Waals surface area contributed by atoms with E-state index < -0.39 is 142 Å². The number of carbonyl (C=O) groups is 5. The van der Waals surface area contributed by atoms with Crippen molar-refractivity contribution in [2.75, 3.05) is 52.7 Å². The fourth-order valence-corrected chi connectivity index (χ4v) is 8.02. The number of aliphatic hydroxyl groups excluding tert-OH is 12. The lowest BCUT2D eigenvalue weighted by atomic mass is 9.99. The highest BCUT2D eigenvalue weighted by Crippen LogP contribution is 2.25. The largest absolute Gasteiger partial charge is 0.480 e. The summed E-state index contributed by atoms with van der Waals surface area (Å²) >= 11 is 0. The van der Waals surface area contributed by atoms with Gasteiger partial charge in [-0.2, -0.15) is 0 Å². The molecule has 0 aromatic rings. The lowest BCUT2D eigenvalue weighted by Crippen LogP contribution is -2.59. The molecule has 4 amide bonds. The third kappa shape index (κ3) is 21.7. The Morgan fingerprint density at radius 3 is 1.10 bits per heavy atom. The Balaban J connectivity index is 1.41. The number of carboxylic acids is 1. The molecule has 28 heteroatoms. The summed E-state index contributed by atoms with van der Waals surface area (Å²) in [6.07, 6.45) is -17.8. The van der Waals surface area contributed by atoms with Gasteiger partial charge in [0.25, 0.3) is 0 Å². The molecule has 0 aliphatic carbocycles. The molecule has 3 saturated heterocycles. The van der Waals surface area contributed by atoms with E-state index in [-0.39, 0.29) is 96.1 Å². The molecule has 424 valence electrons. The van der Waals surface area contributed by atoms with E-state index in [9.17, 15) is 90.4 Å². The highest BCUT2D eigenvalue weighted by molar-refractivity contribution is 5.90. The van der Waals surface area contributed by atoms with Gasteiger partial charge in [0.15, 0.2) is 18.9 Å². The lowest BCUT2D eigenvalue weighted by molar-refractivity contribution is -0.301. The summed E-state index contributed by atoms with van der Waals surface area (Å²) in [5, 5.41) is 138. The smallest absolute Gasteiger partial charge is 0.326 e. The quantitative estimate of drug-likeness (QED) is 0.0263. The van der Waals surface area contributed by atoms with Gasteiger partial charge >= 0.3 is 5.97 Å². The Kier molecular flexibility index (Phi) is 30.1. The first-order valence-electron chi connectivity index (χ1n) is 25.0. The van der Waals surface area contributed by atoms with Gasteiger partial charge in [0.05, 0.1) is 19.8 Å². The van der Waals surface area contributed by atoms with Crippen molar-refractivity contribution in [2.24, 2.45) is 0 Å². The van der Waals surface area contributed by atoms with E-state index in [1.165, 1.54) is 0 Å². The molecule has 3 rings (SSSR count). The zero-order valence-corrected chi connectivity index (χ0v) is 40.9. The van der Waals surface area contributed by atoms with E-state index in [1.54, 1.807) is 0 Å². The molecule has 17 atom stereocenters. The standard InChI is InChI=1S/C45H80N4O24/c50-21-26-32(56)35(59)38(62)43(71-26)68-18-8-3-13-29(53)46-16-6-1-11-24(48-31(55)15-5-10-20-70-45-40(64)37(61)34(58)28(23-52)73-45)41(65)49-25(42(66)67)12-2-7-17-47-30(54)14-4-9-19-69-44-39(63)36(60)33(57)27(22-51)72-44/h24-28,32-40,43-45,50-52,56-64H,1-23H2,(H,46,53)(H,47,54)(H,48,55)(H,49,65)(H,66,67)/t24-,25-,26+,27+,28+,32-,33-,34-,35-,36-,37-,38+,39+,40+,43+,44+,45+/m0/s1. The molecular formula is C45H80N4O24. The lowest BCUT2D eigenvalue weighted by Gasteiger charge is -2.39. The van der Waals surface area contributed by atoms with Gasteiger partial charge in [-0.3, -0.25) is 19.2 Å². The Labute approximate surface area is 422 Å². The van der Waals surface area contributed by atoms with Crippen LogP contribution in [0.2, 0.25) is 0 Å². The number of aliphatic hydroxyl groups is 12. The minimum absolute atomic E-state index is 0.00669. The van der Waals surface area contributed by atoms with Crippen LogP contribution in [0.4, 0.5) is 0 Å². The molecule has 0 saturated carbocycles. The van der Waals surface area contributed by atoms with Crippen LogP contribution < -0.4 is 21.3 Å². The van der Waals surface area contributed by atoms with Crippen molar-refractivity contribution in [1.29, 1.82) is 0 Å². The first-order chi connectivity index (χ1) is 34.8. The molecule has 3 fully saturated rings. The molecule has 3 heterocycles. The zero-order valence-electron chi connectivity index (χ0n) is 40.9. The van der Waals surface area contributed by atoms with Crippen LogP contribution in [0.5, 0.6) is 0 Å². The van der Waals surface area contributed by atoms with Crippen LogP contribution in [0.3, 0.4) is 0 Å². The van der Waals surface area contributed by atoms with Crippen LogP contribution in [-0.2, 0) is 52.4 Å². The Morgan fingerprint density at radius 1 is 0.411 bits per heavy atom. The molecular weight excluding hydrogens is 980 g/mol. The Hall–Kier alpha value is -3.37. The third-order valence-electron chi connectivity index (χ3n) is 12.5. The van der Waals surface area contributed by atoms with Gasteiger partial charge in [-0.05, 0) is 77.0 Å². The summed E-state index contributed by atoms with van der Waals surface area (Å²) in [6, 6.07) is -2.51. The van der Waals surface area contributed by atoms with Gasteiger partial charge in [-0.25, -0.2) is 4.79 Å². The van der Waals surface area contributed by atoms with E-state index in [4.69, 9.17) is 28.4 Å². The Bertz CT molecular complexity index is 1620. The first-order valence-corrected chi connectivity index (χ1v) is 25.0. The molecule has 0 spiro atoms. The molecule has 3 aliphatic heterocycles. The van der Waals surface area contributed by atoms with Crippen molar-refractivity contribution in [1.82, 2.24) is 21.3 Å². The second-order valence-corrected chi connectivity index (χ2v) is 18.3. The maximum Gasteiger partial charge on any atom is 0.326 e. The van der Waals surface area contributed by atoms with Crippen molar-refractivity contribution in [3.63, 3.8) is 0 Å². The number of nitrogens with one attached hydrogen (secondary N) is 4. The number of aliphatic carboxylic acids is 1. The minimum Gasteiger partial charge on any atom is -0.480 e. The molecule has 0 aromatic heterocycles. The van der Waals surface area contributed by atoms with E-state index in [0.717, 1.165) is 0 Å². The van der Waals surface area contributed by atoms with Crippen LogP contribution >= 0.6 is 0 Å². The fraction of sp³-hybridized carbons (Fsp3) is 0.889. The number of ether oxygens (including phenoxy) is 6. The molecule has 73 heavy (non-hydrogen) atoms. The topological polar surface area (TPSA) is 452 Å². The number of hydrogen-bond acceptors (Lipinski definition) is 23. The second kappa shape index (κ2) is 34.3. The summed E-state index contributed by atoms with van der Waals surface area (Å²) in [7, 11) is 0. The summed E-state index contributed by atoms with van der Waals surface area (Å²) in [5.74, 6) is -3.19. The number of amides is 4. The van der Waals surface area contributed by atoms with Crippen molar-refractivity contribution in [2.45, 2.75) is 201 Å². The van der Waals surface area contributed by atoms with Crippen molar-refractivity contribution in [3.05, 3.63) is 0 Å². The van der Waals surface area contributed by atoms with E-state index in [0.29, 0.717) is 44.9 Å². The van der Waals surface area contributed by atoms with Gasteiger partial charge < -0.3 is 116 Å².